The van der Waals surface area contributed by atoms with Crippen LogP contribution in [-0.4, -0.2) is 20.4 Å². The van der Waals surface area contributed by atoms with Gasteiger partial charge < -0.3 is 10.3 Å². The molecular formula is C15H20N4O2. The van der Waals surface area contributed by atoms with Gasteiger partial charge in [0.05, 0.1) is 12.1 Å². The number of carbonyl (C=O) groups is 1. The highest BCUT2D eigenvalue weighted by atomic mass is 16.2. The van der Waals surface area contributed by atoms with Gasteiger partial charge in [-0.2, -0.15) is 0 Å². The Hall–Kier alpha value is -2.37. The molecule has 0 aliphatic heterocycles. The van der Waals surface area contributed by atoms with E-state index >= 15 is 0 Å². The van der Waals surface area contributed by atoms with Crippen LogP contribution >= 0.6 is 0 Å². The highest BCUT2D eigenvalue weighted by Crippen LogP contribution is 2.14. The van der Waals surface area contributed by atoms with Crippen LogP contribution in [0.4, 0.5) is 0 Å². The normalized spacial score (nSPS) is 11.4. The lowest BCUT2D eigenvalue weighted by Crippen LogP contribution is -2.36. The summed E-state index contributed by atoms with van der Waals surface area (Å²) in [5, 5.41) is 2.81. The van der Waals surface area contributed by atoms with E-state index in [0.29, 0.717) is 11.4 Å². The quantitative estimate of drug-likeness (QED) is 0.899. The number of nitrogens with zero attached hydrogens (tertiary/aromatic N) is 2. The number of aromatic nitrogens is 3. The Kier molecular flexibility index (Phi) is 3.97. The predicted octanol–water partition coefficient (Wildman–Crippen LogP) is 1.53. The molecule has 2 N–H and O–H groups in total. The molecular weight excluding hydrogens is 268 g/mol. The second kappa shape index (κ2) is 5.55. The van der Waals surface area contributed by atoms with Gasteiger partial charge >= 0.3 is 0 Å². The Morgan fingerprint density at radius 3 is 2.71 bits per heavy atom. The second-order valence-corrected chi connectivity index (χ2v) is 6.05. The fourth-order valence-electron chi connectivity index (χ4n) is 1.92. The van der Waals surface area contributed by atoms with Gasteiger partial charge in [0.15, 0.2) is 5.43 Å². The van der Waals surface area contributed by atoms with Crippen molar-refractivity contribution in [2.75, 3.05) is 0 Å². The standard InChI is InChI=1S/C15H20N4O2/c1-10-7-12(20)11(8-17-14(21)15(2,3)4)13(18-10)19-6-5-16-9-19/h5-7,9H,8H2,1-4H3,(H,17,21)(H,18,20). The van der Waals surface area contributed by atoms with E-state index in [1.54, 1.807) is 23.3 Å². The number of imidazole rings is 1. The number of rotatable bonds is 3. The van der Waals surface area contributed by atoms with Crippen molar-refractivity contribution >= 4 is 5.91 Å². The number of aromatic amines is 1. The first-order chi connectivity index (χ1) is 9.79. The van der Waals surface area contributed by atoms with Crippen LogP contribution in [0.25, 0.3) is 5.82 Å². The molecule has 0 bridgehead atoms. The van der Waals surface area contributed by atoms with Crippen molar-refractivity contribution < 1.29 is 4.79 Å². The lowest BCUT2D eigenvalue weighted by atomic mass is 9.95. The molecule has 2 aromatic rings. The Morgan fingerprint density at radius 2 is 2.14 bits per heavy atom. The summed E-state index contributed by atoms with van der Waals surface area (Å²) in [6, 6.07) is 1.53. The molecule has 0 aliphatic rings. The van der Waals surface area contributed by atoms with E-state index in [9.17, 15) is 9.59 Å². The third-order valence-corrected chi connectivity index (χ3v) is 3.12. The van der Waals surface area contributed by atoms with Gasteiger partial charge in [0.1, 0.15) is 12.1 Å². The molecule has 0 fully saturated rings. The van der Waals surface area contributed by atoms with Crippen molar-refractivity contribution in [1.29, 1.82) is 0 Å². The van der Waals surface area contributed by atoms with Crippen LogP contribution in [0.15, 0.2) is 29.6 Å². The number of nitrogens with one attached hydrogen (secondary N) is 2. The minimum Gasteiger partial charge on any atom is -0.351 e. The average Bonchev–Trinajstić information content (AvgIpc) is 2.89. The summed E-state index contributed by atoms with van der Waals surface area (Å²) in [6.45, 7) is 7.49. The number of hydrogen-bond acceptors (Lipinski definition) is 3. The SMILES string of the molecule is Cc1cc(=O)c(CNC(=O)C(C)(C)C)c(-n2ccnc2)[nH]1. The predicted molar refractivity (Wildman–Crippen MR) is 80.2 cm³/mol. The summed E-state index contributed by atoms with van der Waals surface area (Å²) in [4.78, 5) is 31.3. The zero-order valence-electron chi connectivity index (χ0n) is 12.7. The monoisotopic (exact) mass is 288 g/mol. The third-order valence-electron chi connectivity index (χ3n) is 3.12. The van der Waals surface area contributed by atoms with Crippen LogP contribution in [-0.2, 0) is 11.3 Å². The van der Waals surface area contributed by atoms with Gasteiger partial charge in [-0.15, -0.1) is 0 Å². The molecule has 2 aromatic heterocycles. The zero-order valence-corrected chi connectivity index (χ0v) is 12.7. The Labute approximate surface area is 123 Å². The molecule has 0 saturated carbocycles. The van der Waals surface area contributed by atoms with E-state index < -0.39 is 5.41 Å². The van der Waals surface area contributed by atoms with Crippen molar-refractivity contribution in [2.45, 2.75) is 34.2 Å². The molecule has 0 aliphatic carbocycles. The molecule has 2 rings (SSSR count). The van der Waals surface area contributed by atoms with E-state index in [4.69, 9.17) is 0 Å². The van der Waals surface area contributed by atoms with Gasteiger partial charge in [-0.3, -0.25) is 14.2 Å². The number of pyridine rings is 1. The van der Waals surface area contributed by atoms with Crippen LogP contribution < -0.4 is 10.7 Å². The summed E-state index contributed by atoms with van der Waals surface area (Å²) >= 11 is 0. The smallest absolute Gasteiger partial charge is 0.225 e. The highest BCUT2D eigenvalue weighted by Gasteiger charge is 2.21. The molecule has 1 amide bonds. The lowest BCUT2D eigenvalue weighted by molar-refractivity contribution is -0.128. The first kappa shape index (κ1) is 15.0. The summed E-state index contributed by atoms with van der Waals surface area (Å²) in [7, 11) is 0. The maximum atomic E-state index is 12.2. The largest absolute Gasteiger partial charge is 0.351 e. The fraction of sp³-hybridized carbons (Fsp3) is 0.400. The summed E-state index contributed by atoms with van der Waals surface area (Å²) in [5.41, 5.74) is 0.669. The molecule has 0 atom stereocenters. The molecule has 112 valence electrons. The van der Waals surface area contributed by atoms with Gasteiger partial charge in [0.2, 0.25) is 5.91 Å². The molecule has 0 radical (unpaired) electrons. The first-order valence-electron chi connectivity index (χ1n) is 6.78. The van der Waals surface area contributed by atoms with Crippen LogP contribution in [0.5, 0.6) is 0 Å². The Morgan fingerprint density at radius 1 is 1.43 bits per heavy atom. The van der Waals surface area contributed by atoms with Crippen LogP contribution in [0.3, 0.4) is 0 Å². The Bertz CT molecular complexity index is 693. The number of aryl methyl sites for hydroxylation is 1. The minimum atomic E-state index is -0.493. The van der Waals surface area contributed by atoms with E-state index in [2.05, 4.69) is 15.3 Å². The first-order valence-corrected chi connectivity index (χ1v) is 6.78. The molecule has 2 heterocycles. The van der Waals surface area contributed by atoms with Crippen LogP contribution in [0.1, 0.15) is 32.0 Å². The van der Waals surface area contributed by atoms with Crippen molar-refractivity contribution in [3.8, 4) is 5.82 Å². The van der Waals surface area contributed by atoms with Gasteiger partial charge in [0.25, 0.3) is 0 Å². The van der Waals surface area contributed by atoms with Crippen molar-refractivity contribution in [3.63, 3.8) is 0 Å². The molecule has 6 nitrogen and oxygen atoms in total. The lowest BCUT2D eigenvalue weighted by Gasteiger charge is -2.18. The van der Waals surface area contributed by atoms with Crippen molar-refractivity contribution in [2.24, 2.45) is 5.41 Å². The van der Waals surface area contributed by atoms with Crippen LogP contribution in [0.2, 0.25) is 0 Å². The number of H-pyrrole nitrogens is 1. The number of carbonyl (C=O) groups excluding carboxylic acids is 1. The summed E-state index contributed by atoms with van der Waals surface area (Å²) < 4.78 is 1.73. The van der Waals surface area contributed by atoms with E-state index in [0.717, 1.165) is 5.69 Å². The minimum absolute atomic E-state index is 0.0981. The maximum Gasteiger partial charge on any atom is 0.225 e. The summed E-state index contributed by atoms with van der Waals surface area (Å²) in [6.07, 6.45) is 5.00. The molecule has 0 spiro atoms. The van der Waals surface area contributed by atoms with Crippen LogP contribution in [0, 0.1) is 12.3 Å². The third kappa shape index (κ3) is 3.39. The topological polar surface area (TPSA) is 79.8 Å². The second-order valence-electron chi connectivity index (χ2n) is 6.05. The van der Waals surface area contributed by atoms with Gasteiger partial charge in [-0.25, -0.2) is 4.98 Å². The van der Waals surface area contributed by atoms with Gasteiger partial charge in [-0.1, -0.05) is 20.8 Å². The molecule has 0 aromatic carbocycles. The van der Waals surface area contributed by atoms with E-state index in [1.807, 2.05) is 27.7 Å². The van der Waals surface area contributed by atoms with Crippen molar-refractivity contribution in [1.82, 2.24) is 19.9 Å². The maximum absolute atomic E-state index is 12.2. The summed E-state index contributed by atoms with van der Waals surface area (Å²) in [5.74, 6) is 0.533. The van der Waals surface area contributed by atoms with E-state index in [-0.39, 0.29) is 17.9 Å². The molecule has 0 saturated heterocycles. The van der Waals surface area contributed by atoms with Gasteiger partial charge in [0, 0.05) is 29.6 Å². The van der Waals surface area contributed by atoms with Gasteiger partial charge in [-0.05, 0) is 6.92 Å². The fourth-order valence-corrected chi connectivity index (χ4v) is 1.92. The highest BCUT2D eigenvalue weighted by molar-refractivity contribution is 5.81. The van der Waals surface area contributed by atoms with Crippen molar-refractivity contribution in [3.05, 3.63) is 46.3 Å². The molecule has 21 heavy (non-hydrogen) atoms. The Balaban J connectivity index is 2.35. The number of hydrogen-bond donors (Lipinski definition) is 2. The average molecular weight is 288 g/mol. The number of amides is 1. The molecule has 0 unspecified atom stereocenters. The van der Waals surface area contributed by atoms with E-state index in [1.165, 1.54) is 6.07 Å². The molecule has 6 heteroatoms. The zero-order chi connectivity index (χ0) is 15.6.